The fourth-order valence-corrected chi connectivity index (χ4v) is 2.46. The molecule has 0 aliphatic carbocycles. The van der Waals surface area contributed by atoms with E-state index in [0.717, 1.165) is 13.1 Å². The average molecular weight is 273 g/mol. The first-order valence-corrected chi connectivity index (χ1v) is 6.52. The molecule has 0 atom stereocenters. The monoisotopic (exact) mass is 273 g/mol. The van der Waals surface area contributed by atoms with Crippen molar-refractivity contribution in [3.05, 3.63) is 34.9 Å². The second-order valence-electron chi connectivity index (χ2n) is 4.78. The molecular weight excluding hydrogens is 258 g/mol. The van der Waals surface area contributed by atoms with E-state index in [0.29, 0.717) is 41.9 Å². The number of ether oxygens (including phenoxy) is 1. The number of nitroso groups, excluding NO2 is 1. The Morgan fingerprint density at radius 3 is 2.95 bits per heavy atom. The van der Waals surface area contributed by atoms with E-state index < -0.39 is 0 Å². The number of morpholine rings is 1. The maximum Gasteiger partial charge on any atom is 0.146 e. The highest BCUT2D eigenvalue weighted by molar-refractivity contribution is 5.94. The van der Waals surface area contributed by atoms with Gasteiger partial charge in [0.15, 0.2) is 0 Å². The lowest BCUT2D eigenvalue weighted by atomic mass is 10.1. The van der Waals surface area contributed by atoms with E-state index in [1.165, 1.54) is 0 Å². The number of phenols is 1. The third-order valence-electron chi connectivity index (χ3n) is 3.52. The molecule has 1 aliphatic rings. The van der Waals surface area contributed by atoms with Gasteiger partial charge in [-0.2, -0.15) is 0 Å². The molecule has 2 heterocycles. The second kappa shape index (κ2) is 5.52. The van der Waals surface area contributed by atoms with Crippen LogP contribution in [0.15, 0.2) is 29.6 Å². The molecule has 1 aliphatic heterocycles. The maximum atomic E-state index is 11.0. The zero-order valence-electron chi connectivity index (χ0n) is 11.0. The molecule has 0 unspecified atom stereocenters. The Hall–Kier alpha value is -2.05. The minimum atomic E-state index is 0.125. The number of hydrogen-bond donors (Lipinski definition) is 1. The van der Waals surface area contributed by atoms with E-state index in [4.69, 9.17) is 4.74 Å². The number of nitrogens with zero attached hydrogens (tertiary/aromatic N) is 3. The lowest BCUT2D eigenvalue weighted by Crippen LogP contribution is -2.35. The summed E-state index contributed by atoms with van der Waals surface area (Å²) in [6.45, 7) is 3.55. The van der Waals surface area contributed by atoms with Gasteiger partial charge in [-0.25, -0.2) is 0 Å². The summed E-state index contributed by atoms with van der Waals surface area (Å²) in [5.74, 6) is 0.125. The summed E-state index contributed by atoms with van der Waals surface area (Å²) in [6, 6.07) is 5.09. The van der Waals surface area contributed by atoms with Crippen LogP contribution in [0.4, 0.5) is 5.69 Å². The van der Waals surface area contributed by atoms with Crippen LogP contribution in [-0.2, 0) is 11.3 Å². The van der Waals surface area contributed by atoms with Crippen LogP contribution in [0.1, 0.15) is 5.56 Å². The van der Waals surface area contributed by atoms with Crippen LogP contribution in [-0.4, -0.2) is 41.3 Å². The quantitative estimate of drug-likeness (QED) is 0.867. The summed E-state index contributed by atoms with van der Waals surface area (Å²) >= 11 is 0. The van der Waals surface area contributed by atoms with Gasteiger partial charge >= 0.3 is 0 Å². The maximum absolute atomic E-state index is 11.0. The van der Waals surface area contributed by atoms with E-state index in [9.17, 15) is 10.0 Å². The van der Waals surface area contributed by atoms with Crippen molar-refractivity contribution < 1.29 is 9.84 Å². The van der Waals surface area contributed by atoms with Gasteiger partial charge in [-0.3, -0.25) is 9.88 Å². The lowest BCUT2D eigenvalue weighted by molar-refractivity contribution is 0.0339. The molecule has 0 saturated carbocycles. The SMILES string of the molecule is O=Nc1cc(CN2CCOCC2)c(O)c2ncccc12. The summed E-state index contributed by atoms with van der Waals surface area (Å²) in [5, 5.41) is 14.0. The molecule has 1 N–H and O–H groups in total. The Balaban J connectivity index is 2.01. The number of benzene rings is 1. The predicted octanol–water partition coefficient (Wildman–Crippen LogP) is 2.17. The van der Waals surface area contributed by atoms with Crippen molar-refractivity contribution in [2.45, 2.75) is 6.54 Å². The molecule has 1 aromatic carbocycles. The first-order valence-electron chi connectivity index (χ1n) is 6.52. The van der Waals surface area contributed by atoms with Gasteiger partial charge in [-0.15, -0.1) is 4.91 Å². The Kier molecular flexibility index (Phi) is 3.58. The van der Waals surface area contributed by atoms with Gasteiger partial charge in [0.25, 0.3) is 0 Å². The predicted molar refractivity (Wildman–Crippen MR) is 75.0 cm³/mol. The summed E-state index contributed by atoms with van der Waals surface area (Å²) in [4.78, 5) is 17.3. The van der Waals surface area contributed by atoms with Crippen molar-refractivity contribution in [1.29, 1.82) is 0 Å². The summed E-state index contributed by atoms with van der Waals surface area (Å²) in [5.41, 5.74) is 1.41. The largest absolute Gasteiger partial charge is 0.505 e. The molecule has 6 heteroatoms. The van der Waals surface area contributed by atoms with E-state index in [1.807, 2.05) is 0 Å². The normalized spacial score (nSPS) is 16.4. The third kappa shape index (κ3) is 2.35. The van der Waals surface area contributed by atoms with E-state index in [1.54, 1.807) is 24.4 Å². The summed E-state index contributed by atoms with van der Waals surface area (Å²) in [7, 11) is 0. The van der Waals surface area contributed by atoms with Crippen molar-refractivity contribution in [2.24, 2.45) is 5.18 Å². The van der Waals surface area contributed by atoms with E-state index in [2.05, 4.69) is 15.1 Å². The molecular formula is C14H15N3O3. The standard InChI is InChI=1S/C14H15N3O3/c18-14-10(9-17-4-6-20-7-5-17)8-12(16-19)11-2-1-3-15-13(11)14/h1-3,8,18H,4-7,9H2. The van der Waals surface area contributed by atoms with E-state index >= 15 is 0 Å². The number of aromatic nitrogens is 1. The Labute approximate surface area is 116 Å². The molecule has 0 bridgehead atoms. The van der Waals surface area contributed by atoms with Crippen molar-refractivity contribution in [3.63, 3.8) is 0 Å². The Bertz CT molecular complexity index is 639. The minimum absolute atomic E-state index is 0.125. The number of rotatable bonds is 3. The summed E-state index contributed by atoms with van der Waals surface area (Å²) in [6.07, 6.45) is 1.59. The van der Waals surface area contributed by atoms with Crippen molar-refractivity contribution in [2.75, 3.05) is 26.3 Å². The number of phenolic OH excluding ortho intramolecular Hbond substituents is 1. The van der Waals surface area contributed by atoms with Gasteiger partial charge in [0.1, 0.15) is 17.0 Å². The zero-order chi connectivity index (χ0) is 13.9. The highest BCUT2D eigenvalue weighted by Gasteiger charge is 2.17. The molecule has 0 spiro atoms. The van der Waals surface area contributed by atoms with Crippen LogP contribution < -0.4 is 0 Å². The molecule has 1 aromatic heterocycles. The molecule has 6 nitrogen and oxygen atoms in total. The molecule has 1 fully saturated rings. The number of fused-ring (bicyclic) bond motifs is 1. The van der Waals surface area contributed by atoms with Gasteiger partial charge in [-0.1, -0.05) is 0 Å². The van der Waals surface area contributed by atoms with Gasteiger partial charge in [-0.05, 0) is 23.4 Å². The lowest BCUT2D eigenvalue weighted by Gasteiger charge is -2.27. The van der Waals surface area contributed by atoms with Crippen molar-refractivity contribution in [3.8, 4) is 5.75 Å². The zero-order valence-corrected chi connectivity index (χ0v) is 11.0. The molecule has 0 radical (unpaired) electrons. The molecule has 104 valence electrons. The molecule has 0 amide bonds. The molecule has 1 saturated heterocycles. The number of pyridine rings is 1. The fraction of sp³-hybridized carbons (Fsp3) is 0.357. The molecule has 3 rings (SSSR count). The van der Waals surface area contributed by atoms with Crippen LogP contribution >= 0.6 is 0 Å². The van der Waals surface area contributed by atoms with Crippen LogP contribution in [0.2, 0.25) is 0 Å². The van der Waals surface area contributed by atoms with Crippen LogP contribution in [0, 0.1) is 4.91 Å². The fourth-order valence-electron chi connectivity index (χ4n) is 2.46. The van der Waals surface area contributed by atoms with Gasteiger partial charge in [0, 0.05) is 36.8 Å². The first-order chi connectivity index (χ1) is 9.79. The van der Waals surface area contributed by atoms with Gasteiger partial charge < -0.3 is 9.84 Å². The molecule has 20 heavy (non-hydrogen) atoms. The van der Waals surface area contributed by atoms with Crippen LogP contribution in [0.5, 0.6) is 5.75 Å². The van der Waals surface area contributed by atoms with E-state index in [-0.39, 0.29) is 5.75 Å². The second-order valence-corrected chi connectivity index (χ2v) is 4.78. The third-order valence-corrected chi connectivity index (χ3v) is 3.52. The smallest absolute Gasteiger partial charge is 0.146 e. The highest BCUT2D eigenvalue weighted by atomic mass is 16.5. The summed E-state index contributed by atoms with van der Waals surface area (Å²) < 4.78 is 5.30. The topological polar surface area (TPSA) is 75.0 Å². The minimum Gasteiger partial charge on any atom is -0.505 e. The van der Waals surface area contributed by atoms with Crippen LogP contribution in [0.25, 0.3) is 10.9 Å². The Morgan fingerprint density at radius 1 is 1.40 bits per heavy atom. The Morgan fingerprint density at radius 2 is 2.20 bits per heavy atom. The van der Waals surface area contributed by atoms with Crippen LogP contribution in [0.3, 0.4) is 0 Å². The number of aromatic hydroxyl groups is 1. The first kappa shape index (κ1) is 13.0. The van der Waals surface area contributed by atoms with Gasteiger partial charge in [0.05, 0.1) is 13.2 Å². The highest BCUT2D eigenvalue weighted by Crippen LogP contribution is 2.35. The average Bonchev–Trinajstić information content (AvgIpc) is 2.51. The van der Waals surface area contributed by atoms with Crippen molar-refractivity contribution in [1.82, 2.24) is 9.88 Å². The van der Waals surface area contributed by atoms with Crippen molar-refractivity contribution >= 4 is 16.6 Å². The number of hydrogen-bond acceptors (Lipinski definition) is 6. The molecule has 2 aromatic rings. The van der Waals surface area contributed by atoms with Gasteiger partial charge in [0.2, 0.25) is 0 Å².